The molecule has 4 heteroatoms. The van der Waals surface area contributed by atoms with Crippen LogP contribution in [0, 0.1) is 13.8 Å². The van der Waals surface area contributed by atoms with Crippen LogP contribution in [0.25, 0.3) is 11.0 Å². The number of fused-ring (bicyclic) bond motifs is 1. The van der Waals surface area contributed by atoms with Gasteiger partial charge in [-0.3, -0.25) is 4.79 Å². The molecule has 4 nitrogen and oxygen atoms in total. The molecule has 2 aromatic rings. The molecule has 106 valence electrons. The lowest BCUT2D eigenvalue weighted by atomic mass is 10.1. The normalized spacial score (nSPS) is 19.6. The minimum atomic E-state index is 0.00597. The molecule has 0 saturated carbocycles. The first kappa shape index (κ1) is 13.2. The van der Waals surface area contributed by atoms with Crippen LogP contribution in [0.2, 0.25) is 0 Å². The number of nitrogens with zero attached hydrogens (tertiary/aromatic N) is 1. The first-order chi connectivity index (χ1) is 9.58. The third-order valence-corrected chi connectivity index (χ3v) is 4.01. The van der Waals surface area contributed by atoms with Crippen molar-refractivity contribution in [1.82, 2.24) is 10.2 Å². The highest BCUT2D eigenvalue weighted by Gasteiger charge is 2.26. The van der Waals surface area contributed by atoms with Gasteiger partial charge in [-0.2, -0.15) is 0 Å². The van der Waals surface area contributed by atoms with Gasteiger partial charge in [0.05, 0.1) is 0 Å². The third kappa shape index (κ3) is 2.10. The van der Waals surface area contributed by atoms with E-state index in [1.807, 2.05) is 36.9 Å². The van der Waals surface area contributed by atoms with Crippen LogP contribution in [0.4, 0.5) is 0 Å². The minimum Gasteiger partial charge on any atom is -0.450 e. The van der Waals surface area contributed by atoms with E-state index in [1.54, 1.807) is 0 Å². The van der Waals surface area contributed by atoms with Gasteiger partial charge in [0.1, 0.15) is 5.58 Å². The topological polar surface area (TPSA) is 45.5 Å². The molecular weight excluding hydrogens is 252 g/mol. The van der Waals surface area contributed by atoms with Crippen molar-refractivity contribution < 1.29 is 9.21 Å². The van der Waals surface area contributed by atoms with Crippen LogP contribution in [0.3, 0.4) is 0 Å². The number of para-hydroxylation sites is 1. The van der Waals surface area contributed by atoms with Crippen LogP contribution in [-0.4, -0.2) is 36.5 Å². The summed E-state index contributed by atoms with van der Waals surface area (Å²) < 4.78 is 5.87. The Morgan fingerprint density at radius 2 is 2.20 bits per heavy atom. The molecule has 0 bridgehead atoms. The fourth-order valence-electron chi connectivity index (χ4n) is 2.85. The second-order valence-electron chi connectivity index (χ2n) is 5.61. The number of hydrogen-bond donors (Lipinski definition) is 1. The Morgan fingerprint density at radius 3 is 2.90 bits per heavy atom. The number of rotatable bonds is 1. The predicted octanol–water partition coefficient (Wildman–Crippen LogP) is 2.48. The molecule has 0 radical (unpaired) electrons. The van der Waals surface area contributed by atoms with Crippen LogP contribution < -0.4 is 5.32 Å². The first-order valence-corrected chi connectivity index (χ1v) is 7.09. The van der Waals surface area contributed by atoms with Crippen molar-refractivity contribution in [3.05, 3.63) is 35.1 Å². The fourth-order valence-corrected chi connectivity index (χ4v) is 2.85. The van der Waals surface area contributed by atoms with E-state index in [0.717, 1.165) is 41.7 Å². The van der Waals surface area contributed by atoms with Crippen molar-refractivity contribution in [1.29, 1.82) is 0 Å². The highest BCUT2D eigenvalue weighted by molar-refractivity contribution is 5.99. The second kappa shape index (κ2) is 4.94. The van der Waals surface area contributed by atoms with Crippen LogP contribution in [-0.2, 0) is 0 Å². The number of aryl methyl sites for hydroxylation is 2. The van der Waals surface area contributed by atoms with E-state index < -0.39 is 0 Å². The Kier molecular flexibility index (Phi) is 3.26. The van der Waals surface area contributed by atoms with Crippen molar-refractivity contribution in [2.75, 3.05) is 19.6 Å². The van der Waals surface area contributed by atoms with E-state index in [1.165, 1.54) is 0 Å². The van der Waals surface area contributed by atoms with E-state index in [-0.39, 0.29) is 5.91 Å². The zero-order valence-corrected chi connectivity index (χ0v) is 12.2. The lowest BCUT2D eigenvalue weighted by Gasteiger charge is -2.31. The molecule has 0 unspecified atom stereocenters. The lowest BCUT2D eigenvalue weighted by Crippen LogP contribution is -2.51. The van der Waals surface area contributed by atoms with Gasteiger partial charge in [0.2, 0.25) is 0 Å². The molecule has 1 aliphatic heterocycles. The van der Waals surface area contributed by atoms with E-state index in [2.05, 4.69) is 12.2 Å². The quantitative estimate of drug-likeness (QED) is 0.867. The Hall–Kier alpha value is -1.81. The van der Waals surface area contributed by atoms with E-state index in [9.17, 15) is 4.79 Å². The molecule has 1 atom stereocenters. The summed E-state index contributed by atoms with van der Waals surface area (Å²) in [6, 6.07) is 6.35. The summed E-state index contributed by atoms with van der Waals surface area (Å²) in [5, 5.41) is 4.38. The highest BCUT2D eigenvalue weighted by Crippen LogP contribution is 2.28. The van der Waals surface area contributed by atoms with Gasteiger partial charge < -0.3 is 14.6 Å². The summed E-state index contributed by atoms with van der Waals surface area (Å²) in [6.45, 7) is 8.36. The zero-order chi connectivity index (χ0) is 14.3. The molecule has 1 amide bonds. The van der Waals surface area contributed by atoms with Gasteiger partial charge in [-0.15, -0.1) is 0 Å². The van der Waals surface area contributed by atoms with Crippen molar-refractivity contribution >= 4 is 16.9 Å². The highest BCUT2D eigenvalue weighted by atomic mass is 16.3. The summed E-state index contributed by atoms with van der Waals surface area (Å²) in [5.41, 5.74) is 2.84. The van der Waals surface area contributed by atoms with E-state index >= 15 is 0 Å². The summed E-state index contributed by atoms with van der Waals surface area (Å²) >= 11 is 0. The largest absolute Gasteiger partial charge is 0.450 e. The van der Waals surface area contributed by atoms with Crippen molar-refractivity contribution in [3.8, 4) is 0 Å². The monoisotopic (exact) mass is 272 g/mol. The molecule has 20 heavy (non-hydrogen) atoms. The Morgan fingerprint density at radius 1 is 1.40 bits per heavy atom. The van der Waals surface area contributed by atoms with E-state index in [4.69, 9.17) is 4.42 Å². The number of nitrogens with one attached hydrogen (secondary N) is 1. The maximum atomic E-state index is 12.7. The fraction of sp³-hybridized carbons (Fsp3) is 0.438. The molecule has 2 heterocycles. The summed E-state index contributed by atoms with van der Waals surface area (Å²) in [5.74, 6) is 0.495. The minimum absolute atomic E-state index is 0.00597. The number of carbonyl (C=O) groups is 1. The molecule has 1 aliphatic rings. The molecular formula is C16H20N2O2. The average Bonchev–Trinajstić information content (AvgIpc) is 2.77. The number of carbonyl (C=O) groups excluding carboxylic acids is 1. The SMILES string of the molecule is Cc1c(C(=O)N2CCN[C@@H](C)C2)oc2c(C)cccc12. The van der Waals surface area contributed by atoms with Crippen molar-refractivity contribution in [2.24, 2.45) is 0 Å². The van der Waals surface area contributed by atoms with Crippen LogP contribution in [0.1, 0.15) is 28.6 Å². The zero-order valence-electron chi connectivity index (χ0n) is 12.2. The number of furan rings is 1. The maximum Gasteiger partial charge on any atom is 0.289 e. The summed E-state index contributed by atoms with van der Waals surface area (Å²) in [4.78, 5) is 14.5. The molecule has 3 rings (SSSR count). The number of hydrogen-bond acceptors (Lipinski definition) is 3. The summed E-state index contributed by atoms with van der Waals surface area (Å²) in [6.07, 6.45) is 0. The Bertz CT molecular complexity index is 660. The number of piperazine rings is 1. The first-order valence-electron chi connectivity index (χ1n) is 7.09. The number of benzene rings is 1. The molecule has 1 N–H and O–H groups in total. The smallest absolute Gasteiger partial charge is 0.289 e. The van der Waals surface area contributed by atoms with Gasteiger partial charge >= 0.3 is 0 Å². The van der Waals surface area contributed by atoms with Gasteiger partial charge in [0, 0.05) is 36.6 Å². The average molecular weight is 272 g/mol. The molecule has 1 saturated heterocycles. The maximum absolute atomic E-state index is 12.7. The molecule has 1 fully saturated rings. The van der Waals surface area contributed by atoms with Crippen molar-refractivity contribution in [3.63, 3.8) is 0 Å². The lowest BCUT2D eigenvalue weighted by molar-refractivity contribution is 0.0678. The van der Waals surface area contributed by atoms with Crippen molar-refractivity contribution in [2.45, 2.75) is 26.8 Å². The van der Waals surface area contributed by atoms with Crippen LogP contribution in [0.5, 0.6) is 0 Å². The second-order valence-corrected chi connectivity index (χ2v) is 5.61. The Balaban J connectivity index is 1.99. The van der Waals surface area contributed by atoms with Gasteiger partial charge in [0.25, 0.3) is 5.91 Å². The van der Waals surface area contributed by atoms with Crippen LogP contribution >= 0.6 is 0 Å². The van der Waals surface area contributed by atoms with Gasteiger partial charge in [-0.25, -0.2) is 0 Å². The third-order valence-electron chi connectivity index (χ3n) is 4.01. The molecule has 1 aromatic carbocycles. The van der Waals surface area contributed by atoms with Gasteiger partial charge in [-0.1, -0.05) is 18.2 Å². The van der Waals surface area contributed by atoms with Crippen LogP contribution in [0.15, 0.2) is 22.6 Å². The Labute approximate surface area is 118 Å². The molecule has 0 aliphatic carbocycles. The van der Waals surface area contributed by atoms with Gasteiger partial charge in [-0.05, 0) is 26.3 Å². The predicted molar refractivity (Wildman–Crippen MR) is 79.1 cm³/mol. The standard InChI is InChI=1S/C16H20N2O2/c1-10-5-4-6-13-12(3)15(20-14(10)13)16(19)18-8-7-17-11(2)9-18/h4-6,11,17H,7-9H2,1-3H3/t11-/m0/s1. The molecule has 0 spiro atoms. The molecule has 1 aromatic heterocycles. The van der Waals surface area contributed by atoms with E-state index in [0.29, 0.717) is 11.8 Å². The van der Waals surface area contributed by atoms with Gasteiger partial charge in [0.15, 0.2) is 5.76 Å². The number of amides is 1. The summed E-state index contributed by atoms with van der Waals surface area (Å²) in [7, 11) is 0.